The highest BCUT2D eigenvalue weighted by Crippen LogP contribution is 2.39. The van der Waals surface area contributed by atoms with Crippen molar-refractivity contribution in [3.05, 3.63) is 133 Å². The van der Waals surface area contributed by atoms with Gasteiger partial charge in [0.15, 0.2) is 17.5 Å². The van der Waals surface area contributed by atoms with Crippen molar-refractivity contribution in [3.8, 4) is 33.9 Å². The van der Waals surface area contributed by atoms with E-state index in [-0.39, 0.29) is 0 Å². The third kappa shape index (κ3) is 4.29. The third-order valence-electron chi connectivity index (χ3n) is 8.03. The van der Waals surface area contributed by atoms with Gasteiger partial charge in [-0.1, -0.05) is 91.0 Å². The lowest BCUT2D eigenvalue weighted by molar-refractivity contribution is 0.669. The Labute approximate surface area is 253 Å². The van der Waals surface area contributed by atoms with Crippen LogP contribution in [0.3, 0.4) is 0 Å². The van der Waals surface area contributed by atoms with Crippen LogP contribution in [0.2, 0.25) is 0 Å². The number of rotatable bonds is 5. The normalized spacial score (nSPS) is 12.4. The smallest absolute Gasteiger partial charge is 0.164 e. The SMILES string of the molecule is C/C=C\C(=C/C)c1nc(-c2ccccc2)nc(-c2cccc3oc4cc(-c5ccc6oc7ccccc7c6c5)ccc4c23)n1. The molecule has 0 bridgehead atoms. The molecule has 210 valence electrons. The van der Waals surface area contributed by atoms with Crippen molar-refractivity contribution in [1.29, 1.82) is 0 Å². The van der Waals surface area contributed by atoms with E-state index in [2.05, 4.69) is 42.5 Å². The molecule has 3 aromatic heterocycles. The van der Waals surface area contributed by atoms with Gasteiger partial charge in [-0.25, -0.2) is 15.0 Å². The zero-order chi connectivity index (χ0) is 29.6. The van der Waals surface area contributed by atoms with Crippen LogP contribution in [0.1, 0.15) is 19.7 Å². The van der Waals surface area contributed by atoms with E-state index < -0.39 is 0 Å². The van der Waals surface area contributed by atoms with E-state index in [0.717, 1.165) is 71.7 Å². The monoisotopic (exact) mass is 569 g/mol. The topological polar surface area (TPSA) is 65.0 Å². The average molecular weight is 570 g/mol. The molecule has 0 atom stereocenters. The Morgan fingerprint density at radius 3 is 2.14 bits per heavy atom. The van der Waals surface area contributed by atoms with Crippen molar-refractivity contribution in [2.75, 3.05) is 0 Å². The van der Waals surface area contributed by atoms with Crippen LogP contribution in [-0.2, 0) is 0 Å². The molecular formula is C39H27N3O2. The van der Waals surface area contributed by atoms with Crippen molar-refractivity contribution in [3.63, 3.8) is 0 Å². The molecule has 0 aliphatic carbocycles. The number of fused-ring (bicyclic) bond motifs is 6. The lowest BCUT2D eigenvalue weighted by atomic mass is 10.00. The highest BCUT2D eigenvalue weighted by Gasteiger charge is 2.18. The van der Waals surface area contributed by atoms with Gasteiger partial charge in [-0.05, 0) is 61.4 Å². The molecule has 8 aromatic rings. The minimum absolute atomic E-state index is 0.604. The van der Waals surface area contributed by atoms with E-state index in [4.69, 9.17) is 23.8 Å². The Hall–Kier alpha value is -5.81. The van der Waals surface area contributed by atoms with E-state index >= 15 is 0 Å². The highest BCUT2D eigenvalue weighted by atomic mass is 16.3. The molecule has 5 nitrogen and oxygen atoms in total. The maximum absolute atomic E-state index is 6.46. The van der Waals surface area contributed by atoms with Crippen LogP contribution >= 0.6 is 0 Å². The fourth-order valence-electron chi connectivity index (χ4n) is 5.92. The molecule has 0 radical (unpaired) electrons. The van der Waals surface area contributed by atoms with Gasteiger partial charge in [0, 0.05) is 38.2 Å². The van der Waals surface area contributed by atoms with Gasteiger partial charge in [-0.15, -0.1) is 0 Å². The van der Waals surface area contributed by atoms with Gasteiger partial charge in [0.1, 0.15) is 22.3 Å². The fourth-order valence-corrected chi connectivity index (χ4v) is 5.92. The predicted octanol–water partition coefficient (Wildman–Crippen LogP) is 10.7. The van der Waals surface area contributed by atoms with E-state index in [9.17, 15) is 0 Å². The van der Waals surface area contributed by atoms with Crippen molar-refractivity contribution in [2.45, 2.75) is 13.8 Å². The molecule has 0 spiro atoms. The first-order valence-electron chi connectivity index (χ1n) is 14.7. The van der Waals surface area contributed by atoms with Crippen LogP contribution in [-0.4, -0.2) is 15.0 Å². The molecule has 5 aromatic carbocycles. The van der Waals surface area contributed by atoms with E-state index in [0.29, 0.717) is 17.5 Å². The number of para-hydroxylation sites is 1. The van der Waals surface area contributed by atoms with Gasteiger partial charge < -0.3 is 8.83 Å². The minimum Gasteiger partial charge on any atom is -0.456 e. The second-order valence-electron chi connectivity index (χ2n) is 10.7. The van der Waals surface area contributed by atoms with Crippen molar-refractivity contribution >= 4 is 49.5 Å². The van der Waals surface area contributed by atoms with Crippen LogP contribution in [0.4, 0.5) is 0 Å². The Bertz CT molecular complexity index is 2410. The third-order valence-corrected chi connectivity index (χ3v) is 8.03. The van der Waals surface area contributed by atoms with Gasteiger partial charge in [-0.2, -0.15) is 0 Å². The maximum atomic E-state index is 6.46. The summed E-state index contributed by atoms with van der Waals surface area (Å²) in [5.41, 5.74) is 8.31. The molecular weight excluding hydrogens is 542 g/mol. The van der Waals surface area contributed by atoms with Crippen LogP contribution in [0.15, 0.2) is 136 Å². The number of nitrogens with zero attached hydrogens (tertiary/aromatic N) is 3. The molecule has 0 saturated heterocycles. The first kappa shape index (κ1) is 25.9. The van der Waals surface area contributed by atoms with E-state index in [1.807, 2.05) is 98.8 Å². The summed E-state index contributed by atoms with van der Waals surface area (Å²) in [4.78, 5) is 14.8. The molecule has 44 heavy (non-hydrogen) atoms. The van der Waals surface area contributed by atoms with Gasteiger partial charge in [0.05, 0.1) is 0 Å². The van der Waals surface area contributed by atoms with Crippen LogP contribution < -0.4 is 0 Å². The molecule has 8 rings (SSSR count). The van der Waals surface area contributed by atoms with Gasteiger partial charge in [-0.3, -0.25) is 0 Å². The van der Waals surface area contributed by atoms with Gasteiger partial charge >= 0.3 is 0 Å². The van der Waals surface area contributed by atoms with Crippen LogP contribution in [0.5, 0.6) is 0 Å². The fraction of sp³-hybridized carbons (Fsp3) is 0.0513. The van der Waals surface area contributed by atoms with E-state index in [1.165, 1.54) is 0 Å². The number of furan rings is 2. The summed E-state index contributed by atoms with van der Waals surface area (Å²) in [6.45, 7) is 3.99. The lowest BCUT2D eigenvalue weighted by Crippen LogP contribution is -2.02. The predicted molar refractivity (Wildman–Crippen MR) is 179 cm³/mol. The summed E-state index contributed by atoms with van der Waals surface area (Å²) in [7, 11) is 0. The summed E-state index contributed by atoms with van der Waals surface area (Å²) in [5, 5.41) is 4.20. The Morgan fingerprint density at radius 1 is 0.545 bits per heavy atom. The summed E-state index contributed by atoms with van der Waals surface area (Å²) in [5.74, 6) is 1.86. The maximum Gasteiger partial charge on any atom is 0.164 e. The Balaban J connectivity index is 1.29. The zero-order valence-electron chi connectivity index (χ0n) is 24.3. The minimum atomic E-state index is 0.604. The lowest BCUT2D eigenvalue weighted by Gasteiger charge is -2.09. The van der Waals surface area contributed by atoms with Gasteiger partial charge in [0.25, 0.3) is 0 Å². The molecule has 3 heterocycles. The summed E-state index contributed by atoms with van der Waals surface area (Å²) >= 11 is 0. The van der Waals surface area contributed by atoms with Crippen LogP contribution in [0.25, 0.3) is 83.4 Å². The summed E-state index contributed by atoms with van der Waals surface area (Å²) in [6.07, 6.45) is 6.04. The molecule has 0 aliphatic heterocycles. The molecule has 0 aliphatic rings. The Kier molecular flexibility index (Phi) is 6.16. The number of hydrogen-bond donors (Lipinski definition) is 0. The zero-order valence-corrected chi connectivity index (χ0v) is 24.3. The quantitative estimate of drug-likeness (QED) is 0.193. The van der Waals surface area contributed by atoms with E-state index in [1.54, 1.807) is 0 Å². The standard InChI is InChI=1S/C39H27N3O2/c1-3-11-24(4-2)37-40-38(25-12-6-5-7-13-25)42-39(41-37)30-15-10-17-34-36(30)29-20-18-27(23-35(29)44-34)26-19-21-33-31(22-26)28-14-8-9-16-32(28)43-33/h3-23H,1-2H3/b11-3-,24-4+. The number of aromatic nitrogens is 3. The molecule has 0 amide bonds. The second kappa shape index (κ2) is 10.5. The Morgan fingerprint density at radius 2 is 1.27 bits per heavy atom. The second-order valence-corrected chi connectivity index (χ2v) is 10.7. The highest BCUT2D eigenvalue weighted by molar-refractivity contribution is 6.13. The first-order chi connectivity index (χ1) is 21.7. The largest absolute Gasteiger partial charge is 0.456 e. The molecule has 5 heteroatoms. The molecule has 0 fully saturated rings. The summed E-state index contributed by atoms with van der Waals surface area (Å²) in [6, 6.07) is 36.9. The molecule has 0 N–H and O–H groups in total. The van der Waals surface area contributed by atoms with Crippen LogP contribution in [0, 0.1) is 0 Å². The molecule has 0 saturated carbocycles. The average Bonchev–Trinajstić information content (AvgIpc) is 3.65. The van der Waals surface area contributed by atoms with Gasteiger partial charge in [0.2, 0.25) is 0 Å². The summed E-state index contributed by atoms with van der Waals surface area (Å²) < 4.78 is 12.5. The van der Waals surface area contributed by atoms with Crippen molar-refractivity contribution in [2.24, 2.45) is 0 Å². The molecule has 0 unspecified atom stereocenters. The number of benzene rings is 5. The van der Waals surface area contributed by atoms with Crippen molar-refractivity contribution < 1.29 is 8.83 Å². The first-order valence-corrected chi connectivity index (χ1v) is 14.7. The van der Waals surface area contributed by atoms with Crippen molar-refractivity contribution in [1.82, 2.24) is 15.0 Å². The number of allylic oxidation sites excluding steroid dienone is 4. The number of hydrogen-bond acceptors (Lipinski definition) is 5.